The van der Waals surface area contributed by atoms with Crippen LogP contribution >= 0.6 is 0 Å². The molecule has 0 spiro atoms. The largest absolute Gasteiger partial charge is 0.469 e. The average Bonchev–Trinajstić information content (AvgIpc) is 2.77. The molecular weight excluding hydrogens is 424 g/mol. The zero-order chi connectivity index (χ0) is 23.7. The van der Waals surface area contributed by atoms with Gasteiger partial charge in [0.25, 0.3) is 10.1 Å². The molecule has 0 aliphatic heterocycles. The van der Waals surface area contributed by atoms with Crippen molar-refractivity contribution in [2.75, 3.05) is 7.11 Å². The normalized spacial score (nSPS) is 12.8. The molecule has 1 rings (SSSR count). The molecule has 6 heteroatoms. The summed E-state index contributed by atoms with van der Waals surface area (Å²) in [6, 6.07) is 6.81. The summed E-state index contributed by atoms with van der Waals surface area (Å²) in [5.74, 6) is -0.135. The van der Waals surface area contributed by atoms with Crippen LogP contribution in [0.5, 0.6) is 0 Å². The molecule has 0 bridgehead atoms. The molecular formula is C26H42O5S. The van der Waals surface area contributed by atoms with Gasteiger partial charge in [0.15, 0.2) is 0 Å². The summed E-state index contributed by atoms with van der Waals surface area (Å²) < 4.78 is 35.6. The third-order valence-corrected chi connectivity index (χ3v) is 6.87. The molecule has 0 amide bonds. The zero-order valence-electron chi connectivity index (χ0n) is 20.2. The Hall–Kier alpha value is -1.66. The molecule has 0 aliphatic rings. The number of aryl methyl sites for hydroxylation is 1. The number of methoxy groups -OCH3 is 1. The van der Waals surface area contributed by atoms with Gasteiger partial charge in [-0.2, -0.15) is 8.42 Å². The maximum Gasteiger partial charge on any atom is 0.305 e. The van der Waals surface area contributed by atoms with Gasteiger partial charge in [0.2, 0.25) is 0 Å². The summed E-state index contributed by atoms with van der Waals surface area (Å²) in [6.45, 7) is 4.10. The lowest BCUT2D eigenvalue weighted by Crippen LogP contribution is -2.18. The molecule has 0 heterocycles. The van der Waals surface area contributed by atoms with Crippen molar-refractivity contribution in [2.24, 2.45) is 0 Å². The second-order valence-corrected chi connectivity index (χ2v) is 10.00. The van der Waals surface area contributed by atoms with E-state index in [1.54, 1.807) is 24.3 Å². The zero-order valence-corrected chi connectivity index (χ0v) is 21.0. The Kier molecular flexibility index (Phi) is 15.0. The van der Waals surface area contributed by atoms with Crippen LogP contribution in [-0.2, 0) is 23.8 Å². The predicted molar refractivity (Wildman–Crippen MR) is 130 cm³/mol. The smallest absolute Gasteiger partial charge is 0.305 e. The number of hydrogen-bond acceptors (Lipinski definition) is 5. The number of rotatable bonds is 18. The molecule has 0 saturated carbocycles. The SMILES string of the molecule is CCCCCC[C@H](CC=CCCCCCCCC(=O)OC)OS(=O)(=O)c1ccc(C)cc1. The topological polar surface area (TPSA) is 69.7 Å². The first-order chi connectivity index (χ1) is 15.4. The molecule has 0 aliphatic carbocycles. The maximum absolute atomic E-state index is 12.7. The Morgan fingerprint density at radius 3 is 2.28 bits per heavy atom. The number of esters is 1. The minimum absolute atomic E-state index is 0.135. The molecule has 1 atom stereocenters. The molecule has 1 aromatic carbocycles. The van der Waals surface area contributed by atoms with Crippen LogP contribution in [0.1, 0.15) is 96.0 Å². The fourth-order valence-electron chi connectivity index (χ4n) is 3.47. The first-order valence-corrected chi connectivity index (χ1v) is 13.5. The number of allylic oxidation sites excluding steroid dienone is 1. The van der Waals surface area contributed by atoms with Crippen molar-refractivity contribution < 1.29 is 22.1 Å². The van der Waals surface area contributed by atoms with Crippen LogP contribution in [0.15, 0.2) is 41.3 Å². The van der Waals surface area contributed by atoms with Crippen LogP contribution in [0.3, 0.4) is 0 Å². The van der Waals surface area contributed by atoms with Crippen LogP contribution in [0, 0.1) is 6.92 Å². The van der Waals surface area contributed by atoms with Gasteiger partial charge in [-0.3, -0.25) is 8.98 Å². The number of carbonyl (C=O) groups excluding carboxylic acids is 1. The number of ether oxygens (including phenoxy) is 1. The molecule has 1 aromatic rings. The lowest BCUT2D eigenvalue weighted by Gasteiger charge is -2.16. The molecule has 0 saturated heterocycles. The van der Waals surface area contributed by atoms with E-state index in [-0.39, 0.29) is 17.0 Å². The van der Waals surface area contributed by atoms with Crippen LogP contribution in [0.25, 0.3) is 0 Å². The van der Waals surface area contributed by atoms with Crippen molar-refractivity contribution in [1.29, 1.82) is 0 Å². The lowest BCUT2D eigenvalue weighted by atomic mass is 10.1. The van der Waals surface area contributed by atoms with Crippen molar-refractivity contribution >= 4 is 16.1 Å². The Bertz CT molecular complexity index is 753. The Morgan fingerprint density at radius 2 is 1.59 bits per heavy atom. The monoisotopic (exact) mass is 466 g/mol. The van der Waals surface area contributed by atoms with E-state index in [0.29, 0.717) is 12.8 Å². The second-order valence-electron chi connectivity index (χ2n) is 8.42. The van der Waals surface area contributed by atoms with Crippen molar-refractivity contribution in [2.45, 2.75) is 108 Å². The quantitative estimate of drug-likeness (QED) is 0.102. The standard InChI is InChI=1S/C26H42O5S/c1-4-5-6-13-16-24(31-32(28,29)25-21-19-23(2)20-22-25)17-14-11-9-7-8-10-12-15-18-26(27)30-3/h11,14,19-22,24H,4-10,12-13,15-18H2,1-3H3/t24-/m1/s1. The molecule has 32 heavy (non-hydrogen) atoms. The summed E-state index contributed by atoms with van der Waals surface area (Å²) in [7, 11) is -2.33. The van der Waals surface area contributed by atoms with Crippen molar-refractivity contribution in [3.8, 4) is 0 Å². The molecule has 182 valence electrons. The number of hydrogen-bond donors (Lipinski definition) is 0. The van der Waals surface area contributed by atoms with Crippen LogP contribution in [0.4, 0.5) is 0 Å². The second kappa shape index (κ2) is 16.9. The van der Waals surface area contributed by atoms with E-state index in [1.807, 2.05) is 6.92 Å². The Morgan fingerprint density at radius 1 is 0.938 bits per heavy atom. The highest BCUT2D eigenvalue weighted by molar-refractivity contribution is 7.86. The van der Waals surface area contributed by atoms with E-state index in [9.17, 15) is 13.2 Å². The van der Waals surface area contributed by atoms with Crippen LogP contribution in [0.2, 0.25) is 0 Å². The van der Waals surface area contributed by atoms with Gasteiger partial charge in [0.05, 0.1) is 18.1 Å². The van der Waals surface area contributed by atoms with E-state index in [0.717, 1.165) is 76.2 Å². The molecule has 0 aromatic heterocycles. The van der Waals surface area contributed by atoms with Crippen molar-refractivity contribution in [1.82, 2.24) is 0 Å². The van der Waals surface area contributed by atoms with Crippen LogP contribution < -0.4 is 0 Å². The summed E-state index contributed by atoms with van der Waals surface area (Å²) in [6.07, 6.45) is 16.3. The van der Waals surface area contributed by atoms with Gasteiger partial charge in [-0.1, -0.05) is 81.7 Å². The third-order valence-electron chi connectivity index (χ3n) is 5.50. The average molecular weight is 467 g/mol. The van der Waals surface area contributed by atoms with Gasteiger partial charge in [-0.25, -0.2) is 0 Å². The summed E-state index contributed by atoms with van der Waals surface area (Å²) in [4.78, 5) is 11.3. The lowest BCUT2D eigenvalue weighted by molar-refractivity contribution is -0.140. The van der Waals surface area contributed by atoms with Crippen molar-refractivity contribution in [3.05, 3.63) is 42.0 Å². The van der Waals surface area contributed by atoms with E-state index >= 15 is 0 Å². The molecule has 0 fully saturated rings. The highest BCUT2D eigenvalue weighted by atomic mass is 32.2. The highest BCUT2D eigenvalue weighted by Crippen LogP contribution is 2.20. The predicted octanol–water partition coefficient (Wildman–Crippen LogP) is 6.89. The maximum atomic E-state index is 12.7. The molecule has 0 N–H and O–H groups in total. The third kappa shape index (κ3) is 13.0. The first-order valence-electron chi connectivity index (χ1n) is 12.1. The minimum Gasteiger partial charge on any atom is -0.469 e. The van der Waals surface area contributed by atoms with E-state index in [1.165, 1.54) is 7.11 Å². The van der Waals surface area contributed by atoms with Gasteiger partial charge >= 0.3 is 5.97 Å². The van der Waals surface area contributed by atoms with E-state index in [2.05, 4.69) is 23.8 Å². The Labute approximate surface area is 195 Å². The van der Waals surface area contributed by atoms with Crippen molar-refractivity contribution in [3.63, 3.8) is 0 Å². The fraction of sp³-hybridized carbons (Fsp3) is 0.654. The number of benzene rings is 1. The van der Waals surface area contributed by atoms with E-state index in [4.69, 9.17) is 4.18 Å². The van der Waals surface area contributed by atoms with Gasteiger partial charge < -0.3 is 4.74 Å². The van der Waals surface area contributed by atoms with E-state index < -0.39 is 10.1 Å². The van der Waals surface area contributed by atoms with Gasteiger partial charge in [0.1, 0.15) is 0 Å². The van der Waals surface area contributed by atoms with Gasteiger partial charge in [0, 0.05) is 6.42 Å². The molecule has 0 unspecified atom stereocenters. The molecule has 5 nitrogen and oxygen atoms in total. The summed E-state index contributed by atoms with van der Waals surface area (Å²) >= 11 is 0. The number of carbonyl (C=O) groups is 1. The molecule has 0 radical (unpaired) electrons. The number of unbranched alkanes of at least 4 members (excludes halogenated alkanes) is 8. The van der Waals surface area contributed by atoms with Gasteiger partial charge in [-0.15, -0.1) is 0 Å². The summed E-state index contributed by atoms with van der Waals surface area (Å²) in [5.41, 5.74) is 1.02. The van der Waals surface area contributed by atoms with Gasteiger partial charge in [-0.05, 0) is 51.2 Å². The van der Waals surface area contributed by atoms with Crippen LogP contribution in [-0.4, -0.2) is 27.6 Å². The fourth-order valence-corrected chi connectivity index (χ4v) is 4.59. The first kappa shape index (κ1) is 28.4. The Balaban J connectivity index is 2.42. The minimum atomic E-state index is -3.75. The summed E-state index contributed by atoms with van der Waals surface area (Å²) in [5, 5.41) is 0. The highest BCUT2D eigenvalue weighted by Gasteiger charge is 2.21.